The van der Waals surface area contributed by atoms with E-state index in [0.29, 0.717) is 28.7 Å². The summed E-state index contributed by atoms with van der Waals surface area (Å²) in [4.78, 5) is 29.6. The van der Waals surface area contributed by atoms with Gasteiger partial charge in [0, 0.05) is 30.6 Å². The lowest BCUT2D eigenvalue weighted by atomic mass is 10.0. The van der Waals surface area contributed by atoms with Gasteiger partial charge in [0.1, 0.15) is 17.1 Å². The second-order valence-electron chi connectivity index (χ2n) is 11.0. The third-order valence-corrected chi connectivity index (χ3v) is 12.1. The van der Waals surface area contributed by atoms with Crippen molar-refractivity contribution in [1.29, 1.82) is 0 Å². The molecule has 0 spiro atoms. The summed E-state index contributed by atoms with van der Waals surface area (Å²) in [6.07, 6.45) is 4.53. The molecule has 5 aromatic rings. The van der Waals surface area contributed by atoms with Crippen molar-refractivity contribution in [2.45, 2.75) is 45.6 Å². The van der Waals surface area contributed by atoms with Gasteiger partial charge in [-0.15, -0.1) is 0 Å². The van der Waals surface area contributed by atoms with Crippen LogP contribution in [0.5, 0.6) is 11.5 Å². The van der Waals surface area contributed by atoms with E-state index in [1.165, 1.54) is 12.3 Å². The first kappa shape index (κ1) is 28.1. The van der Waals surface area contributed by atoms with Crippen LogP contribution in [0.3, 0.4) is 0 Å². The van der Waals surface area contributed by atoms with Gasteiger partial charge in [-0.25, -0.2) is 9.59 Å². The highest BCUT2D eigenvalue weighted by Gasteiger charge is 2.52. The topological polar surface area (TPSA) is 78.6 Å². The predicted molar refractivity (Wildman–Crippen MR) is 164 cm³/mol. The Morgan fingerprint density at radius 2 is 1.56 bits per heavy atom. The molecule has 5 rings (SSSR count). The first-order chi connectivity index (χ1) is 19.7. The van der Waals surface area contributed by atoms with Crippen molar-refractivity contribution in [2.24, 2.45) is 0 Å². The van der Waals surface area contributed by atoms with E-state index in [1.54, 1.807) is 30.5 Å². The van der Waals surface area contributed by atoms with Crippen LogP contribution < -0.4 is 25.2 Å². The fourth-order valence-electron chi connectivity index (χ4n) is 5.38. The lowest BCUT2D eigenvalue weighted by molar-refractivity contribution is 0.0734. The van der Waals surface area contributed by atoms with Crippen molar-refractivity contribution in [2.75, 3.05) is 0 Å². The zero-order valence-electron chi connectivity index (χ0n) is 23.7. The lowest BCUT2D eigenvalue weighted by Gasteiger charge is -2.43. The highest BCUT2D eigenvalue weighted by molar-refractivity contribution is 7.00. The highest BCUT2D eigenvalue weighted by atomic mass is 28.4. The molecule has 0 bridgehead atoms. The van der Waals surface area contributed by atoms with Gasteiger partial charge >= 0.3 is 19.9 Å². The molecule has 0 unspecified atom stereocenters. The summed E-state index contributed by atoms with van der Waals surface area (Å²) in [5.74, 6) is 0.162. The number of hydrogen-bond donors (Lipinski definition) is 0. The zero-order chi connectivity index (χ0) is 29.0. The van der Waals surface area contributed by atoms with Gasteiger partial charge in [0.05, 0.1) is 10.9 Å². The standard InChI is InChI=1S/C34H33NO5Si/c1-5-13-24-20-31(36)39-29-21-26(38-33(37)25-14-12-19-35-23-25)22-30(32(24)29)40-41(34(2,3)4,27-15-8-6-9-16-27)28-17-10-7-11-18-28/h6-12,14-23H,5,13H2,1-4H3. The molecule has 2 heterocycles. The minimum Gasteiger partial charge on any atom is -0.533 e. The van der Waals surface area contributed by atoms with Gasteiger partial charge in [-0.3, -0.25) is 4.98 Å². The van der Waals surface area contributed by atoms with Gasteiger partial charge < -0.3 is 13.6 Å². The van der Waals surface area contributed by atoms with Gasteiger partial charge in [0.25, 0.3) is 0 Å². The average molecular weight is 564 g/mol. The molecule has 0 aliphatic rings. The predicted octanol–water partition coefficient (Wildman–Crippen LogP) is 6.30. The van der Waals surface area contributed by atoms with Gasteiger partial charge in [0.15, 0.2) is 0 Å². The van der Waals surface area contributed by atoms with Crippen molar-refractivity contribution in [3.05, 3.63) is 125 Å². The molecule has 7 heteroatoms. The number of nitrogens with zero attached hydrogens (tertiary/aromatic N) is 1. The molecule has 0 radical (unpaired) electrons. The lowest BCUT2D eigenvalue weighted by Crippen LogP contribution is -2.68. The smallest absolute Gasteiger partial charge is 0.345 e. The maximum atomic E-state index is 13.0. The van der Waals surface area contributed by atoms with E-state index in [9.17, 15) is 9.59 Å². The van der Waals surface area contributed by atoms with Gasteiger partial charge in [-0.05, 0) is 39.5 Å². The van der Waals surface area contributed by atoms with Crippen molar-refractivity contribution in [1.82, 2.24) is 4.98 Å². The highest BCUT2D eigenvalue weighted by Crippen LogP contribution is 2.41. The van der Waals surface area contributed by atoms with E-state index in [2.05, 4.69) is 56.9 Å². The number of ether oxygens (including phenoxy) is 1. The number of esters is 1. The summed E-state index contributed by atoms with van der Waals surface area (Å²) < 4.78 is 18.9. The Morgan fingerprint density at radius 3 is 2.12 bits per heavy atom. The Balaban J connectivity index is 1.78. The number of benzene rings is 3. The molecule has 2 aromatic heterocycles. The number of carbonyl (C=O) groups is 1. The largest absolute Gasteiger partial charge is 0.533 e. The van der Waals surface area contributed by atoms with Gasteiger partial charge in [-0.2, -0.15) is 0 Å². The number of fused-ring (bicyclic) bond motifs is 1. The van der Waals surface area contributed by atoms with E-state index in [1.807, 2.05) is 36.4 Å². The van der Waals surface area contributed by atoms with Crippen molar-refractivity contribution >= 4 is 35.6 Å². The molecule has 0 atom stereocenters. The van der Waals surface area contributed by atoms with E-state index < -0.39 is 19.9 Å². The fourth-order valence-corrected chi connectivity index (χ4v) is 9.81. The molecule has 0 aliphatic carbocycles. The number of aryl methyl sites for hydroxylation is 1. The molecule has 0 saturated carbocycles. The van der Waals surface area contributed by atoms with Crippen LogP contribution in [0, 0.1) is 0 Å². The van der Waals surface area contributed by atoms with Crippen LogP contribution in [-0.2, 0) is 6.42 Å². The molecule has 0 aliphatic heterocycles. The number of carbonyl (C=O) groups excluding carboxylic acids is 1. The summed E-state index contributed by atoms with van der Waals surface area (Å²) in [6, 6.07) is 28.7. The zero-order valence-corrected chi connectivity index (χ0v) is 24.7. The van der Waals surface area contributed by atoms with Crippen molar-refractivity contribution in [3.8, 4) is 11.5 Å². The maximum absolute atomic E-state index is 13.0. The number of hydrogen-bond acceptors (Lipinski definition) is 6. The third kappa shape index (κ3) is 5.58. The summed E-state index contributed by atoms with van der Waals surface area (Å²) in [5, 5.41) is 2.59. The van der Waals surface area contributed by atoms with Crippen LogP contribution in [-0.4, -0.2) is 19.3 Å². The first-order valence-corrected chi connectivity index (χ1v) is 15.7. The molecule has 6 nitrogen and oxygen atoms in total. The monoisotopic (exact) mass is 563 g/mol. The Kier molecular flexibility index (Phi) is 7.90. The molecule has 208 valence electrons. The first-order valence-electron chi connectivity index (χ1n) is 13.8. The van der Waals surface area contributed by atoms with E-state index >= 15 is 0 Å². The number of aromatic nitrogens is 1. The van der Waals surface area contributed by atoms with Crippen molar-refractivity contribution in [3.63, 3.8) is 0 Å². The van der Waals surface area contributed by atoms with Crippen molar-refractivity contribution < 1.29 is 18.4 Å². The summed E-state index contributed by atoms with van der Waals surface area (Å²) in [7, 11) is -3.06. The molecule has 0 fully saturated rings. The molecule has 41 heavy (non-hydrogen) atoms. The van der Waals surface area contributed by atoms with E-state index in [-0.39, 0.29) is 10.8 Å². The van der Waals surface area contributed by atoms with Gasteiger partial charge in [-0.1, -0.05) is 94.8 Å². The second kappa shape index (κ2) is 11.5. The SMILES string of the molecule is CCCc1cc(=O)oc2cc(OC(=O)c3cccnc3)cc(O[Si](c3ccccc3)(c3ccccc3)C(C)(C)C)c12. The van der Waals surface area contributed by atoms with E-state index in [4.69, 9.17) is 13.6 Å². The Labute approximate surface area is 240 Å². The average Bonchev–Trinajstić information content (AvgIpc) is 2.96. The molecule has 3 aromatic carbocycles. The molecular formula is C34H33NO5Si. The van der Waals surface area contributed by atoms with Crippen LogP contribution >= 0.6 is 0 Å². The van der Waals surface area contributed by atoms with Crippen LogP contribution in [0.4, 0.5) is 0 Å². The summed E-state index contributed by atoms with van der Waals surface area (Å²) in [6.45, 7) is 8.65. The number of rotatable bonds is 8. The summed E-state index contributed by atoms with van der Waals surface area (Å²) >= 11 is 0. The van der Waals surface area contributed by atoms with Crippen LogP contribution in [0.1, 0.15) is 50.0 Å². The number of pyridine rings is 1. The maximum Gasteiger partial charge on any atom is 0.345 e. The fraction of sp³-hybridized carbons (Fsp3) is 0.206. The Bertz CT molecular complexity index is 1670. The van der Waals surface area contributed by atoms with Crippen LogP contribution in [0.2, 0.25) is 5.04 Å². The van der Waals surface area contributed by atoms with E-state index in [0.717, 1.165) is 22.4 Å². The molecule has 0 N–H and O–H groups in total. The molecule has 0 saturated heterocycles. The Morgan fingerprint density at radius 1 is 0.902 bits per heavy atom. The van der Waals surface area contributed by atoms with Crippen LogP contribution in [0.15, 0.2) is 113 Å². The quantitative estimate of drug-likeness (QED) is 0.0955. The summed E-state index contributed by atoms with van der Waals surface area (Å²) in [5.41, 5.74) is 0.985. The minimum atomic E-state index is -3.06. The molecular weight excluding hydrogens is 530 g/mol. The molecule has 0 amide bonds. The normalized spacial score (nSPS) is 11.8. The van der Waals surface area contributed by atoms with Crippen LogP contribution in [0.25, 0.3) is 11.0 Å². The second-order valence-corrected chi connectivity index (χ2v) is 15.3. The van der Waals surface area contributed by atoms with Gasteiger partial charge in [0.2, 0.25) is 0 Å². The third-order valence-electron chi connectivity index (χ3n) is 7.17. The Hall–Kier alpha value is -4.49. The minimum absolute atomic E-state index is 0.219.